The third-order valence-electron chi connectivity index (χ3n) is 2.40. The Morgan fingerprint density at radius 1 is 1.24 bits per heavy atom. The van der Waals surface area contributed by atoms with Crippen LogP contribution < -0.4 is 16.6 Å². The maximum atomic E-state index is 11.9. The summed E-state index contributed by atoms with van der Waals surface area (Å²) in [4.78, 5) is 23.6. The molecule has 1 aromatic heterocycles. The third kappa shape index (κ3) is 4.43. The van der Waals surface area contributed by atoms with Crippen molar-refractivity contribution in [1.82, 2.24) is 21.0 Å². The number of nitrogens with two attached hydrogens (primary N) is 1. The average Bonchev–Trinajstić information content (AvgIpc) is 2.90. The zero-order chi connectivity index (χ0) is 15.2. The number of anilines is 1. The molecular weight excluding hydrogens is 310 g/mol. The standard InChI is InChI=1S/C12H13N5O2S2/c1-7(20-12-17-16-11(13)21-12)9(18)14-15-10(19)8-5-3-2-4-6-8/h2-7H,1H3,(H2,13,16)(H,14,18)(H,15,19). The van der Waals surface area contributed by atoms with Crippen molar-refractivity contribution in [1.29, 1.82) is 0 Å². The van der Waals surface area contributed by atoms with Gasteiger partial charge in [0.2, 0.25) is 5.13 Å². The van der Waals surface area contributed by atoms with E-state index in [1.54, 1.807) is 31.2 Å². The number of aromatic nitrogens is 2. The van der Waals surface area contributed by atoms with Crippen LogP contribution in [0.3, 0.4) is 0 Å². The van der Waals surface area contributed by atoms with Gasteiger partial charge in [-0.25, -0.2) is 0 Å². The molecule has 110 valence electrons. The largest absolute Gasteiger partial charge is 0.374 e. The molecule has 1 aromatic carbocycles. The number of carbonyl (C=O) groups excluding carboxylic acids is 2. The van der Waals surface area contributed by atoms with Gasteiger partial charge in [0, 0.05) is 5.56 Å². The maximum absolute atomic E-state index is 11.9. The van der Waals surface area contributed by atoms with Gasteiger partial charge in [-0.05, 0) is 19.1 Å². The fourth-order valence-corrected chi connectivity index (χ4v) is 3.13. The van der Waals surface area contributed by atoms with Crippen molar-refractivity contribution in [2.75, 3.05) is 5.73 Å². The summed E-state index contributed by atoms with van der Waals surface area (Å²) in [5.74, 6) is -0.709. The van der Waals surface area contributed by atoms with Crippen LogP contribution in [0.2, 0.25) is 0 Å². The van der Waals surface area contributed by atoms with Crippen LogP contribution >= 0.6 is 23.1 Å². The van der Waals surface area contributed by atoms with Crippen molar-refractivity contribution >= 4 is 40.0 Å². The first-order chi connectivity index (χ1) is 10.1. The summed E-state index contributed by atoms with van der Waals surface area (Å²) >= 11 is 2.43. The summed E-state index contributed by atoms with van der Waals surface area (Å²) in [5.41, 5.74) is 10.7. The maximum Gasteiger partial charge on any atom is 0.269 e. The van der Waals surface area contributed by atoms with E-state index in [9.17, 15) is 9.59 Å². The van der Waals surface area contributed by atoms with E-state index in [2.05, 4.69) is 21.0 Å². The molecular formula is C12H13N5O2S2. The van der Waals surface area contributed by atoms with Crippen LogP contribution in [0.1, 0.15) is 17.3 Å². The molecule has 2 aromatic rings. The number of nitrogens with zero attached hydrogens (tertiary/aromatic N) is 2. The van der Waals surface area contributed by atoms with E-state index >= 15 is 0 Å². The number of thioether (sulfide) groups is 1. The van der Waals surface area contributed by atoms with Gasteiger partial charge < -0.3 is 5.73 Å². The predicted molar refractivity (Wildman–Crippen MR) is 81.7 cm³/mol. The number of nitrogen functional groups attached to an aromatic ring is 1. The number of hydrogen-bond donors (Lipinski definition) is 3. The van der Waals surface area contributed by atoms with Crippen LogP contribution in [0.15, 0.2) is 34.7 Å². The smallest absolute Gasteiger partial charge is 0.269 e. The highest BCUT2D eigenvalue weighted by Crippen LogP contribution is 2.27. The van der Waals surface area contributed by atoms with Gasteiger partial charge in [0.1, 0.15) is 0 Å². The van der Waals surface area contributed by atoms with Gasteiger partial charge in [-0.2, -0.15) is 0 Å². The second-order valence-electron chi connectivity index (χ2n) is 3.98. The Labute approximate surface area is 129 Å². The summed E-state index contributed by atoms with van der Waals surface area (Å²) in [6.07, 6.45) is 0. The summed E-state index contributed by atoms with van der Waals surface area (Å²) in [5, 5.41) is 7.40. The highest BCUT2D eigenvalue weighted by atomic mass is 32.2. The molecule has 21 heavy (non-hydrogen) atoms. The molecule has 0 spiro atoms. The fourth-order valence-electron chi connectivity index (χ4n) is 1.35. The highest BCUT2D eigenvalue weighted by Gasteiger charge is 2.17. The molecule has 0 saturated heterocycles. The minimum Gasteiger partial charge on any atom is -0.374 e. The zero-order valence-electron chi connectivity index (χ0n) is 11.1. The van der Waals surface area contributed by atoms with Gasteiger partial charge in [-0.15, -0.1) is 10.2 Å². The molecule has 0 aliphatic rings. The van der Waals surface area contributed by atoms with Gasteiger partial charge in [-0.3, -0.25) is 20.4 Å². The molecule has 0 bridgehead atoms. The minimum absolute atomic E-state index is 0.335. The van der Waals surface area contributed by atoms with Crippen LogP contribution in [0.25, 0.3) is 0 Å². The lowest BCUT2D eigenvalue weighted by Gasteiger charge is -2.11. The minimum atomic E-state index is -0.437. The summed E-state index contributed by atoms with van der Waals surface area (Å²) in [7, 11) is 0. The summed E-state index contributed by atoms with van der Waals surface area (Å²) in [6, 6.07) is 8.61. The van der Waals surface area contributed by atoms with Gasteiger partial charge in [0.15, 0.2) is 4.34 Å². The van der Waals surface area contributed by atoms with Crippen LogP contribution in [0, 0.1) is 0 Å². The zero-order valence-corrected chi connectivity index (χ0v) is 12.7. The van der Waals surface area contributed by atoms with E-state index in [1.165, 1.54) is 23.1 Å². The molecule has 1 unspecified atom stereocenters. The lowest BCUT2D eigenvalue weighted by molar-refractivity contribution is -0.121. The van der Waals surface area contributed by atoms with E-state index in [0.717, 1.165) is 0 Å². The third-order valence-corrected chi connectivity index (χ3v) is 4.34. The van der Waals surface area contributed by atoms with Crippen LogP contribution in [0.5, 0.6) is 0 Å². The summed E-state index contributed by atoms with van der Waals surface area (Å²) in [6.45, 7) is 1.70. The van der Waals surface area contributed by atoms with Crippen molar-refractivity contribution in [2.24, 2.45) is 0 Å². The van der Waals surface area contributed by atoms with Gasteiger partial charge in [0.25, 0.3) is 11.8 Å². The lowest BCUT2D eigenvalue weighted by Crippen LogP contribution is -2.44. The number of rotatable bonds is 4. The Kier molecular flexibility index (Phi) is 5.12. The molecule has 0 radical (unpaired) electrons. The average molecular weight is 323 g/mol. The first-order valence-corrected chi connectivity index (χ1v) is 7.67. The quantitative estimate of drug-likeness (QED) is 0.573. The number of hydrogen-bond acceptors (Lipinski definition) is 7. The van der Waals surface area contributed by atoms with Crippen LogP contribution in [-0.4, -0.2) is 27.3 Å². The van der Waals surface area contributed by atoms with Gasteiger partial charge in [0.05, 0.1) is 5.25 Å². The molecule has 0 fully saturated rings. The van der Waals surface area contributed by atoms with Crippen molar-refractivity contribution in [3.05, 3.63) is 35.9 Å². The number of carbonyl (C=O) groups is 2. The molecule has 2 amide bonds. The van der Waals surface area contributed by atoms with Crippen molar-refractivity contribution in [3.8, 4) is 0 Å². The SMILES string of the molecule is CC(Sc1nnc(N)s1)C(=O)NNC(=O)c1ccccc1. The second kappa shape index (κ2) is 7.04. The number of hydrazine groups is 1. The van der Waals surface area contributed by atoms with Crippen LogP contribution in [-0.2, 0) is 4.79 Å². The molecule has 4 N–H and O–H groups in total. The summed E-state index contributed by atoms with van der Waals surface area (Å²) < 4.78 is 0.601. The topological polar surface area (TPSA) is 110 Å². The molecule has 9 heteroatoms. The van der Waals surface area contributed by atoms with Crippen molar-refractivity contribution in [3.63, 3.8) is 0 Å². The molecule has 1 atom stereocenters. The highest BCUT2D eigenvalue weighted by molar-refractivity contribution is 8.02. The van der Waals surface area contributed by atoms with E-state index < -0.39 is 5.25 Å². The second-order valence-corrected chi connectivity index (χ2v) is 6.57. The van der Waals surface area contributed by atoms with E-state index in [-0.39, 0.29) is 11.8 Å². The van der Waals surface area contributed by atoms with E-state index in [0.29, 0.717) is 15.0 Å². The fraction of sp³-hybridized carbons (Fsp3) is 0.167. The Morgan fingerprint density at radius 3 is 2.57 bits per heavy atom. The van der Waals surface area contributed by atoms with Crippen molar-refractivity contribution in [2.45, 2.75) is 16.5 Å². The molecule has 2 rings (SSSR count). The Morgan fingerprint density at radius 2 is 1.95 bits per heavy atom. The number of benzene rings is 1. The van der Waals surface area contributed by atoms with E-state index in [4.69, 9.17) is 5.73 Å². The Balaban J connectivity index is 1.82. The Hall–Kier alpha value is -2.13. The molecule has 0 aliphatic heterocycles. The normalized spacial score (nSPS) is 11.7. The van der Waals surface area contributed by atoms with Gasteiger partial charge >= 0.3 is 0 Å². The number of nitrogens with one attached hydrogen (secondary N) is 2. The lowest BCUT2D eigenvalue weighted by atomic mass is 10.2. The predicted octanol–water partition coefficient (Wildman–Crippen LogP) is 1.06. The van der Waals surface area contributed by atoms with E-state index in [1.807, 2.05) is 6.07 Å². The monoisotopic (exact) mass is 323 g/mol. The van der Waals surface area contributed by atoms with Crippen LogP contribution in [0.4, 0.5) is 5.13 Å². The Bertz CT molecular complexity index is 632. The first-order valence-electron chi connectivity index (χ1n) is 5.97. The molecule has 0 saturated carbocycles. The van der Waals surface area contributed by atoms with Crippen molar-refractivity contribution < 1.29 is 9.59 Å². The molecule has 7 nitrogen and oxygen atoms in total. The first kappa shape index (κ1) is 15.3. The molecule has 1 heterocycles. The number of amides is 2. The van der Waals surface area contributed by atoms with Gasteiger partial charge in [-0.1, -0.05) is 41.3 Å². The molecule has 0 aliphatic carbocycles.